The number of hydrogen-bond donors (Lipinski definition) is 0. The average molecular weight is 829 g/mol. The first kappa shape index (κ1) is 39.6. The van der Waals surface area contributed by atoms with Crippen LogP contribution in [0.3, 0.4) is 0 Å². The summed E-state index contributed by atoms with van der Waals surface area (Å²) < 4.78 is 7.84. The molecule has 3 nitrogen and oxygen atoms in total. The van der Waals surface area contributed by atoms with Crippen molar-refractivity contribution in [1.29, 1.82) is 0 Å². The van der Waals surface area contributed by atoms with Gasteiger partial charge < -0.3 is 9.32 Å². The molecular weight excluding hydrogens is 763 g/mol. The number of hydrogen-bond acceptors (Lipinski definition) is 3. The Balaban J connectivity index is 1.23. The Morgan fingerprint density at radius 2 is 1.06 bits per heavy atom. The predicted molar refractivity (Wildman–Crippen MR) is 267 cm³/mol. The third-order valence-electron chi connectivity index (χ3n) is 17.8. The zero-order chi connectivity index (χ0) is 44.1. The van der Waals surface area contributed by atoms with Gasteiger partial charge in [0.2, 0.25) is 0 Å². The van der Waals surface area contributed by atoms with Crippen molar-refractivity contribution in [3.8, 4) is 11.1 Å². The molecule has 1 unspecified atom stereocenters. The summed E-state index contributed by atoms with van der Waals surface area (Å²) in [4.78, 5) is 5.26. The summed E-state index contributed by atoms with van der Waals surface area (Å²) in [6, 6.07) is 34.6. The number of anilines is 6. The highest BCUT2D eigenvalue weighted by atomic mass is 16.4. The molecule has 5 aromatic carbocycles. The van der Waals surface area contributed by atoms with E-state index in [9.17, 15) is 0 Å². The molecule has 6 aromatic rings. The van der Waals surface area contributed by atoms with Crippen molar-refractivity contribution in [2.75, 3.05) is 9.80 Å². The molecule has 4 aliphatic heterocycles. The van der Waals surface area contributed by atoms with Crippen molar-refractivity contribution in [3.05, 3.63) is 135 Å². The Morgan fingerprint density at radius 1 is 0.476 bits per heavy atom. The predicted octanol–water partition coefficient (Wildman–Crippen LogP) is 14.0. The van der Waals surface area contributed by atoms with Crippen LogP contribution in [0.5, 0.6) is 0 Å². The molecule has 0 N–H and O–H groups in total. The lowest BCUT2D eigenvalue weighted by atomic mass is 9.32. The van der Waals surface area contributed by atoms with E-state index in [1.165, 1.54) is 120 Å². The zero-order valence-corrected chi connectivity index (χ0v) is 40.2. The molecule has 0 amide bonds. The lowest BCUT2D eigenvalue weighted by molar-refractivity contribution is 0.298. The van der Waals surface area contributed by atoms with Crippen molar-refractivity contribution in [2.24, 2.45) is 0 Å². The molecule has 7 aliphatic rings. The summed E-state index contributed by atoms with van der Waals surface area (Å²) in [5, 5.41) is 0. The van der Waals surface area contributed by atoms with Crippen LogP contribution in [0.1, 0.15) is 165 Å². The molecule has 0 saturated heterocycles. The number of rotatable bonds is 1. The number of furan rings is 1. The van der Waals surface area contributed by atoms with E-state index in [-0.39, 0.29) is 39.2 Å². The normalized spacial score (nSPS) is 22.9. The minimum atomic E-state index is -0.267. The zero-order valence-electron chi connectivity index (χ0n) is 40.2. The Kier molecular flexibility index (Phi) is 7.69. The highest BCUT2D eigenvalue weighted by molar-refractivity contribution is 7.00. The highest BCUT2D eigenvalue weighted by Gasteiger charge is 2.54. The highest BCUT2D eigenvalue weighted by Crippen LogP contribution is 2.58. The molecule has 1 atom stereocenters. The van der Waals surface area contributed by atoms with Crippen molar-refractivity contribution >= 4 is 57.4 Å². The van der Waals surface area contributed by atoms with Crippen molar-refractivity contribution < 1.29 is 4.42 Å². The Morgan fingerprint density at radius 3 is 1.73 bits per heavy atom. The number of benzene rings is 5. The van der Waals surface area contributed by atoms with Crippen LogP contribution in [0.4, 0.5) is 34.3 Å². The van der Waals surface area contributed by atoms with Crippen LogP contribution in [0.25, 0.3) is 11.1 Å². The molecule has 3 aliphatic carbocycles. The van der Waals surface area contributed by atoms with E-state index in [0.29, 0.717) is 0 Å². The number of aryl methyl sites for hydroxylation is 2. The molecule has 4 bridgehead atoms. The summed E-state index contributed by atoms with van der Waals surface area (Å²) in [6.45, 7) is 31.7. The van der Waals surface area contributed by atoms with Crippen LogP contribution in [-0.2, 0) is 32.5 Å². The standard InChI is InChI=1S/C59H65BN2O/c1-34-14-21-45-44(28-34)60-50-47(61(45)38-19-20-40-41(31-38)55(5,6)23-22-54(40,3)4)29-35(2)30-48(50)62-46-33-43-42(56(7,8)24-25-57(43,9)10)32-39(46)36-15-17-37(18-16-36)59(13)27-26-58(11,12)49-51(60)53(62)63-52(49)59/h14-21,28-33H,22-27H2,1-13H3. The van der Waals surface area contributed by atoms with Crippen LogP contribution >= 0.6 is 0 Å². The largest absolute Gasteiger partial charge is 0.444 e. The van der Waals surface area contributed by atoms with Gasteiger partial charge in [0, 0.05) is 28.3 Å². The van der Waals surface area contributed by atoms with E-state index in [2.05, 4.69) is 185 Å². The van der Waals surface area contributed by atoms with E-state index in [0.717, 1.165) is 30.9 Å². The molecule has 5 heterocycles. The molecule has 4 heteroatoms. The third kappa shape index (κ3) is 5.22. The van der Waals surface area contributed by atoms with Crippen LogP contribution in [0.15, 0.2) is 89.3 Å². The fraction of sp³-hybridized carbons (Fsp3) is 0.424. The molecule has 0 spiro atoms. The molecular formula is C59H65BN2O. The molecule has 0 fully saturated rings. The summed E-state index contributed by atoms with van der Waals surface area (Å²) >= 11 is 0. The molecule has 320 valence electrons. The Hall–Kier alpha value is -4.96. The first-order valence-electron chi connectivity index (χ1n) is 24.1. The monoisotopic (exact) mass is 829 g/mol. The molecule has 1 aromatic heterocycles. The maximum Gasteiger partial charge on any atom is 0.256 e. The van der Waals surface area contributed by atoms with Gasteiger partial charge in [-0.2, -0.15) is 0 Å². The summed E-state index contributed by atoms with van der Waals surface area (Å²) in [7, 11) is 0. The quantitative estimate of drug-likeness (QED) is 0.154. The molecule has 0 saturated carbocycles. The minimum Gasteiger partial charge on any atom is -0.444 e. The maximum absolute atomic E-state index is 7.84. The van der Waals surface area contributed by atoms with Gasteiger partial charge in [0.1, 0.15) is 5.76 Å². The van der Waals surface area contributed by atoms with Gasteiger partial charge in [0.15, 0.2) is 5.88 Å². The van der Waals surface area contributed by atoms with Crippen molar-refractivity contribution in [2.45, 2.75) is 161 Å². The number of fused-ring (bicyclic) bond motifs is 8. The lowest BCUT2D eigenvalue weighted by Crippen LogP contribution is -2.62. The smallest absolute Gasteiger partial charge is 0.256 e. The van der Waals surface area contributed by atoms with Gasteiger partial charge in [-0.25, -0.2) is 0 Å². The van der Waals surface area contributed by atoms with E-state index < -0.39 is 0 Å². The maximum atomic E-state index is 7.84. The van der Waals surface area contributed by atoms with Crippen LogP contribution in [-0.4, -0.2) is 6.71 Å². The fourth-order valence-corrected chi connectivity index (χ4v) is 13.5. The molecule has 63 heavy (non-hydrogen) atoms. The van der Waals surface area contributed by atoms with Crippen LogP contribution < -0.4 is 26.2 Å². The lowest BCUT2D eigenvalue weighted by Gasteiger charge is -2.46. The second-order valence-electron chi connectivity index (χ2n) is 24.4. The van der Waals surface area contributed by atoms with Gasteiger partial charge in [-0.3, -0.25) is 4.90 Å². The van der Waals surface area contributed by atoms with Gasteiger partial charge in [-0.05, 0) is 190 Å². The van der Waals surface area contributed by atoms with Crippen molar-refractivity contribution in [3.63, 3.8) is 0 Å². The third-order valence-corrected chi connectivity index (χ3v) is 17.8. The molecule has 13 rings (SSSR count). The summed E-state index contributed by atoms with van der Waals surface area (Å²) in [5.41, 5.74) is 24.2. The van der Waals surface area contributed by atoms with E-state index in [1.54, 1.807) is 0 Å². The summed E-state index contributed by atoms with van der Waals surface area (Å²) in [5.74, 6) is 2.18. The van der Waals surface area contributed by atoms with Crippen LogP contribution in [0, 0.1) is 13.8 Å². The van der Waals surface area contributed by atoms with E-state index >= 15 is 0 Å². The van der Waals surface area contributed by atoms with Gasteiger partial charge in [0.05, 0.1) is 11.1 Å². The molecule has 0 radical (unpaired) electrons. The fourth-order valence-electron chi connectivity index (χ4n) is 13.5. The van der Waals surface area contributed by atoms with Gasteiger partial charge >= 0.3 is 0 Å². The first-order valence-corrected chi connectivity index (χ1v) is 24.1. The van der Waals surface area contributed by atoms with Crippen LogP contribution in [0.2, 0.25) is 0 Å². The van der Waals surface area contributed by atoms with Crippen molar-refractivity contribution in [1.82, 2.24) is 0 Å². The Labute approximate surface area is 377 Å². The van der Waals surface area contributed by atoms with Gasteiger partial charge in [-0.15, -0.1) is 0 Å². The van der Waals surface area contributed by atoms with Gasteiger partial charge in [0.25, 0.3) is 6.71 Å². The SMILES string of the molecule is Cc1ccc2c(c1)B1c3c(cc(C)cc3N3c4cc5c(cc4-c4ccc(cc4)C4(C)CCC(C)(C)c6c4oc3c61)C(C)(C)CCC5(C)C)N2c1ccc2c(c1)C(C)(C)CCC2(C)C. The second-order valence-corrected chi connectivity index (χ2v) is 24.4. The average Bonchev–Trinajstić information content (AvgIpc) is 3.64. The first-order chi connectivity index (χ1) is 29.6. The van der Waals surface area contributed by atoms with E-state index in [1.807, 2.05) is 0 Å². The Bertz CT molecular complexity index is 2990. The topological polar surface area (TPSA) is 19.6 Å². The second kappa shape index (κ2) is 12.2. The van der Waals surface area contributed by atoms with Gasteiger partial charge in [-0.1, -0.05) is 117 Å². The number of nitrogens with zero attached hydrogens (tertiary/aromatic N) is 2. The summed E-state index contributed by atoms with van der Waals surface area (Å²) in [6.07, 6.45) is 6.86. The van der Waals surface area contributed by atoms with E-state index in [4.69, 9.17) is 4.42 Å². The minimum absolute atomic E-state index is 0.00967.